The average Bonchev–Trinajstić information content (AvgIpc) is 2.37. The molecule has 1 aromatic carbocycles. The molecule has 1 aromatic rings. The van der Waals surface area contributed by atoms with E-state index in [-0.39, 0.29) is 31.0 Å². The minimum atomic E-state index is -0.929. The third-order valence-electron chi connectivity index (χ3n) is 3.37. The largest absolute Gasteiger partial charge is 0.396 e. The lowest BCUT2D eigenvalue weighted by Gasteiger charge is -2.35. The second kappa shape index (κ2) is 7.83. The van der Waals surface area contributed by atoms with Gasteiger partial charge in [0.1, 0.15) is 17.5 Å². The van der Waals surface area contributed by atoms with Gasteiger partial charge >= 0.3 is 0 Å². The number of aliphatic hydroxyl groups excluding tert-OH is 1. The van der Waals surface area contributed by atoms with Crippen LogP contribution >= 0.6 is 12.4 Å². The maximum atomic E-state index is 13.8. The summed E-state index contributed by atoms with van der Waals surface area (Å²) in [4.78, 5) is 1.91. The van der Waals surface area contributed by atoms with Gasteiger partial charge in [-0.3, -0.25) is 4.90 Å². The van der Waals surface area contributed by atoms with Crippen molar-refractivity contribution >= 4 is 12.4 Å². The molecule has 20 heavy (non-hydrogen) atoms. The molecule has 1 heterocycles. The Morgan fingerprint density at radius 1 is 1.15 bits per heavy atom. The average molecular weight is 311 g/mol. The van der Waals surface area contributed by atoms with E-state index in [9.17, 15) is 13.2 Å². The summed E-state index contributed by atoms with van der Waals surface area (Å²) in [6.07, 6.45) is 0.222. The molecule has 0 aromatic heterocycles. The summed E-state index contributed by atoms with van der Waals surface area (Å²) in [5, 5.41) is 12.3. The molecular weight excluding hydrogens is 293 g/mol. The first-order chi connectivity index (χ1) is 9.13. The Labute approximate surface area is 122 Å². The monoisotopic (exact) mass is 310 g/mol. The number of benzene rings is 1. The number of rotatable bonds is 4. The van der Waals surface area contributed by atoms with Gasteiger partial charge in [-0.25, -0.2) is 13.2 Å². The van der Waals surface area contributed by atoms with Crippen molar-refractivity contribution < 1.29 is 18.3 Å². The smallest absolute Gasteiger partial charge is 0.133 e. The number of nitrogens with zero attached hydrogens (tertiary/aromatic N) is 1. The third-order valence-corrected chi connectivity index (χ3v) is 3.37. The molecule has 0 aliphatic carbocycles. The highest BCUT2D eigenvalue weighted by molar-refractivity contribution is 5.85. The number of hydrogen-bond acceptors (Lipinski definition) is 3. The van der Waals surface area contributed by atoms with Gasteiger partial charge in [0, 0.05) is 56.5 Å². The fourth-order valence-corrected chi connectivity index (χ4v) is 2.50. The lowest BCUT2D eigenvalue weighted by molar-refractivity contribution is 0.135. The van der Waals surface area contributed by atoms with E-state index < -0.39 is 23.5 Å². The zero-order valence-electron chi connectivity index (χ0n) is 10.9. The van der Waals surface area contributed by atoms with Crippen LogP contribution in [0.3, 0.4) is 0 Å². The Bertz CT molecular complexity index is 419. The van der Waals surface area contributed by atoms with Gasteiger partial charge in [0.15, 0.2) is 0 Å². The first-order valence-electron chi connectivity index (χ1n) is 6.33. The SMILES string of the molecule is Cl.OCC[C@H](c1c(F)cc(F)cc1F)N1CCNCC1. The molecule has 1 fully saturated rings. The Hall–Kier alpha value is -0.820. The Morgan fingerprint density at radius 2 is 1.70 bits per heavy atom. The van der Waals surface area contributed by atoms with Crippen LogP contribution in [0.25, 0.3) is 0 Å². The van der Waals surface area contributed by atoms with Crippen LogP contribution in [0.1, 0.15) is 18.0 Å². The fraction of sp³-hybridized carbons (Fsp3) is 0.538. The van der Waals surface area contributed by atoms with Crippen LogP contribution in [0.5, 0.6) is 0 Å². The number of nitrogens with one attached hydrogen (secondary N) is 1. The maximum absolute atomic E-state index is 13.8. The molecule has 114 valence electrons. The zero-order valence-corrected chi connectivity index (χ0v) is 11.7. The number of aliphatic hydroxyl groups is 1. The van der Waals surface area contributed by atoms with Crippen LogP contribution < -0.4 is 5.32 Å². The van der Waals surface area contributed by atoms with Gasteiger partial charge in [-0.05, 0) is 6.42 Å². The quantitative estimate of drug-likeness (QED) is 0.891. The lowest BCUT2D eigenvalue weighted by atomic mass is 10.00. The van der Waals surface area contributed by atoms with Crippen LogP contribution in [0, 0.1) is 17.5 Å². The highest BCUT2D eigenvalue weighted by Crippen LogP contribution is 2.29. The molecule has 1 aliphatic heterocycles. The van der Waals surface area contributed by atoms with Crippen LogP contribution in [0.4, 0.5) is 13.2 Å². The molecule has 0 radical (unpaired) electrons. The molecule has 3 nitrogen and oxygen atoms in total. The minimum absolute atomic E-state index is 0. The van der Waals surface area contributed by atoms with E-state index >= 15 is 0 Å². The van der Waals surface area contributed by atoms with Crippen LogP contribution in [-0.2, 0) is 0 Å². The van der Waals surface area contributed by atoms with E-state index in [0.29, 0.717) is 25.2 Å². The molecule has 2 rings (SSSR count). The number of piperazine rings is 1. The van der Waals surface area contributed by atoms with Crippen LogP contribution in [-0.4, -0.2) is 42.8 Å². The standard InChI is InChI=1S/C13H17F3N2O.ClH/c14-9-7-10(15)13(11(16)8-9)12(1-6-19)18-4-2-17-3-5-18;/h7-8,12,17,19H,1-6H2;1H/t12-;/m1./s1. The molecule has 0 unspecified atom stereocenters. The van der Waals surface area contributed by atoms with E-state index in [1.807, 2.05) is 4.90 Å². The third kappa shape index (κ3) is 3.85. The van der Waals surface area contributed by atoms with Gasteiger partial charge in [0.25, 0.3) is 0 Å². The summed E-state index contributed by atoms with van der Waals surface area (Å²) in [6, 6.07) is 0.809. The molecule has 2 N–H and O–H groups in total. The van der Waals surface area contributed by atoms with Gasteiger partial charge in [-0.1, -0.05) is 0 Å². The highest BCUT2D eigenvalue weighted by Gasteiger charge is 2.27. The number of halogens is 4. The molecule has 0 amide bonds. The van der Waals surface area contributed by atoms with Crippen LogP contribution in [0.2, 0.25) is 0 Å². The van der Waals surface area contributed by atoms with Gasteiger partial charge in [0.2, 0.25) is 0 Å². The van der Waals surface area contributed by atoms with Gasteiger partial charge in [-0.15, -0.1) is 12.4 Å². The van der Waals surface area contributed by atoms with E-state index in [2.05, 4.69) is 5.32 Å². The Kier molecular flexibility index (Phi) is 6.75. The maximum Gasteiger partial charge on any atom is 0.133 e. The van der Waals surface area contributed by atoms with E-state index in [4.69, 9.17) is 5.11 Å². The fourth-order valence-electron chi connectivity index (χ4n) is 2.50. The summed E-state index contributed by atoms with van der Waals surface area (Å²) in [7, 11) is 0. The molecule has 7 heteroatoms. The van der Waals surface area contributed by atoms with Crippen molar-refractivity contribution in [1.82, 2.24) is 10.2 Å². The van der Waals surface area contributed by atoms with Gasteiger partial charge in [-0.2, -0.15) is 0 Å². The lowest BCUT2D eigenvalue weighted by Crippen LogP contribution is -2.45. The molecule has 1 atom stereocenters. The summed E-state index contributed by atoms with van der Waals surface area (Å²) >= 11 is 0. The van der Waals surface area contributed by atoms with Crippen molar-refractivity contribution in [3.63, 3.8) is 0 Å². The molecule has 0 bridgehead atoms. The number of hydrogen-bond donors (Lipinski definition) is 2. The van der Waals surface area contributed by atoms with Crippen molar-refractivity contribution in [2.45, 2.75) is 12.5 Å². The zero-order chi connectivity index (χ0) is 13.8. The molecular formula is C13H18ClF3N2O. The predicted octanol–water partition coefficient (Wildman–Crippen LogP) is 1.85. The Morgan fingerprint density at radius 3 is 2.20 bits per heavy atom. The van der Waals surface area contributed by atoms with E-state index in [1.165, 1.54) is 0 Å². The van der Waals surface area contributed by atoms with E-state index in [0.717, 1.165) is 13.1 Å². The van der Waals surface area contributed by atoms with Crippen molar-refractivity contribution in [3.8, 4) is 0 Å². The molecule has 0 spiro atoms. The predicted molar refractivity (Wildman–Crippen MR) is 72.5 cm³/mol. The van der Waals surface area contributed by atoms with E-state index in [1.54, 1.807) is 0 Å². The van der Waals surface area contributed by atoms with Crippen molar-refractivity contribution in [3.05, 3.63) is 35.1 Å². The summed E-state index contributed by atoms with van der Waals surface area (Å²) in [5.41, 5.74) is -0.155. The first-order valence-corrected chi connectivity index (χ1v) is 6.33. The van der Waals surface area contributed by atoms with Crippen molar-refractivity contribution in [1.29, 1.82) is 0 Å². The summed E-state index contributed by atoms with van der Waals surface area (Å²) in [6.45, 7) is 2.56. The Balaban J connectivity index is 0.00000200. The van der Waals surface area contributed by atoms with Gasteiger partial charge in [0.05, 0.1) is 0 Å². The summed E-state index contributed by atoms with van der Waals surface area (Å²) in [5.74, 6) is -2.72. The van der Waals surface area contributed by atoms with Crippen molar-refractivity contribution in [2.24, 2.45) is 0 Å². The van der Waals surface area contributed by atoms with Crippen molar-refractivity contribution in [2.75, 3.05) is 32.8 Å². The minimum Gasteiger partial charge on any atom is -0.396 e. The van der Waals surface area contributed by atoms with Crippen LogP contribution in [0.15, 0.2) is 12.1 Å². The summed E-state index contributed by atoms with van der Waals surface area (Å²) < 4.78 is 40.6. The highest BCUT2D eigenvalue weighted by atomic mass is 35.5. The molecule has 1 aliphatic rings. The van der Waals surface area contributed by atoms with Gasteiger partial charge < -0.3 is 10.4 Å². The normalized spacial score (nSPS) is 17.6. The first kappa shape index (κ1) is 17.2. The molecule has 0 saturated carbocycles. The second-order valence-electron chi connectivity index (χ2n) is 4.60. The molecule has 1 saturated heterocycles. The topological polar surface area (TPSA) is 35.5 Å². The second-order valence-corrected chi connectivity index (χ2v) is 4.60.